The average Bonchev–Trinajstić information content (AvgIpc) is 2.54. The van der Waals surface area contributed by atoms with E-state index in [0.717, 1.165) is 25.5 Å². The summed E-state index contributed by atoms with van der Waals surface area (Å²) in [6.45, 7) is 6.30. The lowest BCUT2D eigenvalue weighted by atomic mass is 10.1. The molecule has 0 unspecified atom stereocenters. The maximum atomic E-state index is 11.6. The Hall–Kier alpha value is -1.31. The van der Waals surface area contributed by atoms with Gasteiger partial charge in [0, 0.05) is 40.7 Å². The maximum absolute atomic E-state index is 11.6. The van der Waals surface area contributed by atoms with Gasteiger partial charge in [-0.3, -0.25) is 9.79 Å². The Morgan fingerprint density at radius 3 is 2.17 bits per heavy atom. The summed E-state index contributed by atoms with van der Waals surface area (Å²) in [5, 5.41) is 3.28. The molecule has 0 saturated heterocycles. The number of guanidine groups is 1. The number of hydrogen-bond acceptors (Lipinski definition) is 2. The van der Waals surface area contributed by atoms with E-state index in [0.29, 0.717) is 13.0 Å². The van der Waals surface area contributed by atoms with Crippen LogP contribution in [0.2, 0.25) is 0 Å². The van der Waals surface area contributed by atoms with E-state index in [-0.39, 0.29) is 29.9 Å². The summed E-state index contributed by atoms with van der Waals surface area (Å²) in [6.07, 6.45) is 1.49. The number of hydrogen-bond donors (Lipinski definition) is 1. The molecule has 0 aliphatic carbocycles. The number of nitrogens with zero attached hydrogens (tertiary/aromatic N) is 3. The summed E-state index contributed by atoms with van der Waals surface area (Å²) in [6, 6.07) is 8.66. The maximum Gasteiger partial charge on any atom is 0.223 e. The van der Waals surface area contributed by atoms with Crippen molar-refractivity contribution in [2.75, 3.05) is 34.2 Å². The van der Waals surface area contributed by atoms with Gasteiger partial charge in [0.05, 0.1) is 6.54 Å². The molecule has 0 heterocycles. The summed E-state index contributed by atoms with van der Waals surface area (Å²) >= 11 is 0. The molecule has 1 rings (SSSR count). The van der Waals surface area contributed by atoms with Crippen LogP contribution in [0.25, 0.3) is 0 Å². The first-order valence-electron chi connectivity index (χ1n) is 8.25. The van der Waals surface area contributed by atoms with Gasteiger partial charge in [0.2, 0.25) is 5.91 Å². The molecule has 0 radical (unpaired) electrons. The fourth-order valence-corrected chi connectivity index (χ4v) is 2.18. The highest BCUT2D eigenvalue weighted by atomic mass is 127. The minimum absolute atomic E-state index is 0. The number of carbonyl (C=O) groups is 1. The smallest absolute Gasteiger partial charge is 0.223 e. The van der Waals surface area contributed by atoms with E-state index in [1.54, 1.807) is 19.0 Å². The van der Waals surface area contributed by atoms with E-state index < -0.39 is 0 Å². The SMILES string of the molecule is CCNC(=NCCC(=O)N(C)C)N(C)Cc1ccc(CC)cc1.I. The number of benzene rings is 1. The number of nitrogens with one attached hydrogen (secondary N) is 1. The van der Waals surface area contributed by atoms with E-state index in [2.05, 4.69) is 46.4 Å². The molecule has 1 N–H and O–H groups in total. The Bertz CT molecular complexity index is 514. The molecule has 0 aliphatic heterocycles. The Morgan fingerprint density at radius 1 is 1.08 bits per heavy atom. The van der Waals surface area contributed by atoms with Crippen LogP contribution in [-0.4, -0.2) is 55.9 Å². The van der Waals surface area contributed by atoms with E-state index in [1.165, 1.54) is 11.1 Å². The minimum Gasteiger partial charge on any atom is -0.357 e. The second kappa shape index (κ2) is 12.1. The highest BCUT2D eigenvalue weighted by molar-refractivity contribution is 14.0. The quantitative estimate of drug-likeness (QED) is 0.398. The van der Waals surface area contributed by atoms with Crippen LogP contribution in [0, 0.1) is 0 Å². The molecule has 1 aromatic carbocycles. The lowest BCUT2D eigenvalue weighted by Gasteiger charge is -2.22. The van der Waals surface area contributed by atoms with Crippen LogP contribution < -0.4 is 5.32 Å². The number of aryl methyl sites for hydroxylation is 1. The second-order valence-corrected chi connectivity index (χ2v) is 5.80. The molecule has 0 saturated carbocycles. The topological polar surface area (TPSA) is 47.9 Å². The van der Waals surface area contributed by atoms with Crippen molar-refractivity contribution in [2.45, 2.75) is 33.2 Å². The van der Waals surface area contributed by atoms with Gasteiger partial charge in [0.15, 0.2) is 5.96 Å². The van der Waals surface area contributed by atoms with E-state index >= 15 is 0 Å². The van der Waals surface area contributed by atoms with Crippen molar-refractivity contribution in [3.63, 3.8) is 0 Å². The first-order chi connectivity index (χ1) is 11.0. The molecule has 0 aliphatic rings. The fourth-order valence-electron chi connectivity index (χ4n) is 2.18. The molecule has 1 aromatic rings. The Balaban J connectivity index is 0.00000529. The third-order valence-electron chi connectivity index (χ3n) is 3.63. The number of rotatable bonds is 7. The summed E-state index contributed by atoms with van der Waals surface area (Å²) < 4.78 is 0. The van der Waals surface area contributed by atoms with Crippen molar-refractivity contribution in [2.24, 2.45) is 4.99 Å². The van der Waals surface area contributed by atoms with Crippen molar-refractivity contribution >= 4 is 35.8 Å². The van der Waals surface area contributed by atoms with Crippen LogP contribution in [-0.2, 0) is 17.8 Å². The molecular formula is C18H31IN4O. The zero-order valence-corrected chi connectivity index (χ0v) is 17.8. The first-order valence-corrected chi connectivity index (χ1v) is 8.25. The van der Waals surface area contributed by atoms with Crippen LogP contribution in [0.4, 0.5) is 0 Å². The highest BCUT2D eigenvalue weighted by Crippen LogP contribution is 2.07. The number of aliphatic imine (C=N–C) groups is 1. The van der Waals surface area contributed by atoms with Crippen LogP contribution in [0.1, 0.15) is 31.4 Å². The van der Waals surface area contributed by atoms with Crippen LogP contribution in [0.15, 0.2) is 29.3 Å². The summed E-state index contributed by atoms with van der Waals surface area (Å²) in [5.41, 5.74) is 2.60. The Morgan fingerprint density at radius 2 is 1.67 bits per heavy atom. The zero-order chi connectivity index (χ0) is 17.2. The van der Waals surface area contributed by atoms with Crippen LogP contribution in [0.3, 0.4) is 0 Å². The third kappa shape index (κ3) is 7.99. The highest BCUT2D eigenvalue weighted by Gasteiger charge is 2.08. The molecule has 0 aromatic heterocycles. The van der Waals surface area contributed by atoms with Gasteiger partial charge < -0.3 is 15.1 Å². The molecule has 1 amide bonds. The van der Waals surface area contributed by atoms with E-state index in [9.17, 15) is 4.79 Å². The van der Waals surface area contributed by atoms with Crippen molar-refractivity contribution in [1.82, 2.24) is 15.1 Å². The zero-order valence-electron chi connectivity index (χ0n) is 15.5. The largest absolute Gasteiger partial charge is 0.357 e. The van der Waals surface area contributed by atoms with Crippen LogP contribution in [0.5, 0.6) is 0 Å². The molecule has 0 bridgehead atoms. The summed E-state index contributed by atoms with van der Waals surface area (Å²) in [4.78, 5) is 19.9. The van der Waals surface area contributed by atoms with Crippen molar-refractivity contribution < 1.29 is 4.79 Å². The summed E-state index contributed by atoms with van der Waals surface area (Å²) in [7, 11) is 5.55. The van der Waals surface area contributed by atoms with Gasteiger partial charge in [-0.2, -0.15) is 0 Å². The Labute approximate surface area is 163 Å². The first kappa shape index (κ1) is 22.7. The lowest BCUT2D eigenvalue weighted by molar-refractivity contribution is -0.128. The molecule has 24 heavy (non-hydrogen) atoms. The van der Waals surface area contributed by atoms with Crippen molar-refractivity contribution in [1.29, 1.82) is 0 Å². The number of amides is 1. The fraction of sp³-hybridized carbons (Fsp3) is 0.556. The lowest BCUT2D eigenvalue weighted by Crippen LogP contribution is -2.38. The predicted octanol–water partition coefficient (Wildman–Crippen LogP) is 2.74. The van der Waals surface area contributed by atoms with Crippen LogP contribution >= 0.6 is 24.0 Å². The number of halogens is 1. The molecule has 5 nitrogen and oxygen atoms in total. The van der Waals surface area contributed by atoms with Gasteiger partial charge in [-0.15, -0.1) is 24.0 Å². The molecule has 136 valence electrons. The van der Waals surface area contributed by atoms with Gasteiger partial charge in [-0.05, 0) is 24.5 Å². The van der Waals surface area contributed by atoms with Crippen molar-refractivity contribution in [3.05, 3.63) is 35.4 Å². The Kier molecular flexibility index (Phi) is 11.4. The standard InChI is InChI=1S/C18H30N4O.HI/c1-6-15-8-10-16(11-9-15)14-22(5)18(19-7-2)20-13-12-17(23)21(3)4;/h8-11H,6-7,12-14H2,1-5H3,(H,19,20);1H. The van der Waals surface area contributed by atoms with E-state index in [4.69, 9.17) is 0 Å². The third-order valence-corrected chi connectivity index (χ3v) is 3.63. The average molecular weight is 446 g/mol. The number of carbonyl (C=O) groups excluding carboxylic acids is 1. The molecular weight excluding hydrogens is 415 g/mol. The molecule has 0 fully saturated rings. The normalized spacial score (nSPS) is 10.8. The van der Waals surface area contributed by atoms with Crippen molar-refractivity contribution in [3.8, 4) is 0 Å². The summed E-state index contributed by atoms with van der Waals surface area (Å²) in [5.74, 6) is 0.932. The molecule has 0 spiro atoms. The van der Waals surface area contributed by atoms with E-state index in [1.807, 2.05) is 14.0 Å². The van der Waals surface area contributed by atoms with Gasteiger partial charge >= 0.3 is 0 Å². The monoisotopic (exact) mass is 446 g/mol. The van der Waals surface area contributed by atoms with Gasteiger partial charge in [0.25, 0.3) is 0 Å². The van der Waals surface area contributed by atoms with Gasteiger partial charge in [0.1, 0.15) is 0 Å². The predicted molar refractivity (Wildman–Crippen MR) is 112 cm³/mol. The van der Waals surface area contributed by atoms with Gasteiger partial charge in [-0.1, -0.05) is 31.2 Å². The molecule has 0 atom stereocenters. The second-order valence-electron chi connectivity index (χ2n) is 5.80. The minimum atomic E-state index is 0. The van der Waals surface area contributed by atoms with Gasteiger partial charge in [-0.25, -0.2) is 0 Å². The molecule has 6 heteroatoms.